The van der Waals surface area contributed by atoms with Gasteiger partial charge in [0.15, 0.2) is 0 Å². The molecular weight excluding hydrogens is 130 g/mol. The molecule has 58 valence electrons. The van der Waals surface area contributed by atoms with E-state index < -0.39 is 0 Å². The lowest BCUT2D eigenvalue weighted by atomic mass is 10.2. The van der Waals surface area contributed by atoms with Crippen LogP contribution in [0.1, 0.15) is 13.8 Å². The summed E-state index contributed by atoms with van der Waals surface area (Å²) in [5.41, 5.74) is 0. The Hall–Kier alpha value is -0.570. The maximum Gasteiger partial charge on any atom is 0.251 e. The van der Waals surface area contributed by atoms with Crippen molar-refractivity contribution in [2.45, 2.75) is 26.1 Å². The fourth-order valence-corrected chi connectivity index (χ4v) is 1.24. The molecule has 3 nitrogen and oxygen atoms in total. The maximum absolute atomic E-state index is 11.1. The highest BCUT2D eigenvalue weighted by molar-refractivity contribution is 5.80. The van der Waals surface area contributed by atoms with Crippen LogP contribution in [0.25, 0.3) is 0 Å². The molecule has 0 N–H and O–H groups in total. The zero-order valence-corrected chi connectivity index (χ0v) is 6.63. The minimum absolute atomic E-state index is 0.0816. The van der Waals surface area contributed by atoms with Gasteiger partial charge in [0.1, 0.15) is 6.10 Å². The molecule has 1 fully saturated rings. The van der Waals surface area contributed by atoms with Crippen molar-refractivity contribution in [3.63, 3.8) is 0 Å². The molecule has 0 saturated carbocycles. The van der Waals surface area contributed by atoms with E-state index in [2.05, 4.69) is 0 Å². The lowest BCUT2D eigenvalue weighted by molar-refractivity contribution is -0.156. The number of hydrogen-bond acceptors (Lipinski definition) is 2. The Labute approximate surface area is 61.0 Å². The summed E-state index contributed by atoms with van der Waals surface area (Å²) >= 11 is 0. The highest BCUT2D eigenvalue weighted by atomic mass is 16.5. The summed E-state index contributed by atoms with van der Waals surface area (Å²) in [5, 5.41) is 0. The van der Waals surface area contributed by atoms with Crippen molar-refractivity contribution >= 4 is 5.91 Å². The topological polar surface area (TPSA) is 29.5 Å². The third kappa shape index (κ3) is 1.29. The lowest BCUT2D eigenvalue weighted by Crippen LogP contribution is -2.47. The van der Waals surface area contributed by atoms with Gasteiger partial charge < -0.3 is 9.64 Å². The third-order valence-corrected chi connectivity index (χ3v) is 1.69. The molecule has 0 aromatic rings. The molecule has 0 radical (unpaired) electrons. The molecule has 3 heteroatoms. The number of morpholine rings is 1. The molecule has 1 saturated heterocycles. The Balaban J connectivity index is 2.57. The van der Waals surface area contributed by atoms with Crippen molar-refractivity contribution in [1.82, 2.24) is 4.90 Å². The molecule has 1 aliphatic heterocycles. The van der Waals surface area contributed by atoms with Crippen molar-refractivity contribution in [3.8, 4) is 0 Å². The lowest BCUT2D eigenvalue weighted by Gasteiger charge is -2.31. The predicted molar refractivity (Wildman–Crippen MR) is 37.6 cm³/mol. The van der Waals surface area contributed by atoms with Gasteiger partial charge in [0.05, 0.1) is 6.10 Å². The average Bonchev–Trinajstić information content (AvgIpc) is 1.82. The molecule has 0 bridgehead atoms. The van der Waals surface area contributed by atoms with E-state index in [-0.39, 0.29) is 18.1 Å². The monoisotopic (exact) mass is 143 g/mol. The van der Waals surface area contributed by atoms with E-state index in [1.54, 1.807) is 18.9 Å². The smallest absolute Gasteiger partial charge is 0.251 e. The average molecular weight is 143 g/mol. The van der Waals surface area contributed by atoms with Crippen LogP contribution in [0, 0.1) is 0 Å². The van der Waals surface area contributed by atoms with Crippen molar-refractivity contribution in [1.29, 1.82) is 0 Å². The van der Waals surface area contributed by atoms with Crippen LogP contribution in [-0.4, -0.2) is 36.6 Å². The van der Waals surface area contributed by atoms with Crippen LogP contribution in [0.4, 0.5) is 0 Å². The maximum atomic E-state index is 11.1. The van der Waals surface area contributed by atoms with Crippen LogP contribution < -0.4 is 0 Å². The van der Waals surface area contributed by atoms with E-state index in [0.29, 0.717) is 6.54 Å². The van der Waals surface area contributed by atoms with E-state index in [0.717, 1.165) is 0 Å². The molecule has 0 aliphatic carbocycles. The van der Waals surface area contributed by atoms with Gasteiger partial charge in [-0.15, -0.1) is 0 Å². The minimum Gasteiger partial charge on any atom is -0.364 e. The highest BCUT2D eigenvalue weighted by Crippen LogP contribution is 2.09. The van der Waals surface area contributed by atoms with Gasteiger partial charge >= 0.3 is 0 Å². The van der Waals surface area contributed by atoms with Crippen LogP contribution in [0.2, 0.25) is 0 Å². The van der Waals surface area contributed by atoms with Crippen LogP contribution in [-0.2, 0) is 9.53 Å². The number of ether oxygens (including phenoxy) is 1. The van der Waals surface area contributed by atoms with Gasteiger partial charge in [-0.3, -0.25) is 4.79 Å². The summed E-state index contributed by atoms with van der Waals surface area (Å²) in [4.78, 5) is 12.8. The Morgan fingerprint density at radius 1 is 1.60 bits per heavy atom. The number of nitrogens with zero attached hydrogens (tertiary/aromatic N) is 1. The molecule has 0 aromatic heterocycles. The predicted octanol–water partition coefficient (Wildman–Crippen LogP) is 0.252. The van der Waals surface area contributed by atoms with Crippen molar-refractivity contribution < 1.29 is 9.53 Å². The largest absolute Gasteiger partial charge is 0.364 e. The zero-order valence-electron chi connectivity index (χ0n) is 6.63. The quantitative estimate of drug-likeness (QED) is 0.486. The normalized spacial score (nSPS) is 34.7. The first-order valence-electron chi connectivity index (χ1n) is 3.51. The van der Waals surface area contributed by atoms with Crippen molar-refractivity contribution in [2.75, 3.05) is 13.6 Å². The number of rotatable bonds is 0. The van der Waals surface area contributed by atoms with E-state index in [9.17, 15) is 4.79 Å². The Bertz CT molecular complexity index is 133. The summed E-state index contributed by atoms with van der Waals surface area (Å²) in [6, 6.07) is 0. The van der Waals surface area contributed by atoms with Gasteiger partial charge in [-0.2, -0.15) is 0 Å². The van der Waals surface area contributed by atoms with Gasteiger partial charge in [-0.25, -0.2) is 0 Å². The van der Waals surface area contributed by atoms with Crippen molar-refractivity contribution in [3.05, 3.63) is 0 Å². The number of carbonyl (C=O) groups excluding carboxylic acids is 1. The number of carbonyl (C=O) groups is 1. The zero-order chi connectivity index (χ0) is 7.72. The number of hydrogen-bond donors (Lipinski definition) is 0. The second kappa shape index (κ2) is 2.58. The van der Waals surface area contributed by atoms with E-state index in [4.69, 9.17) is 4.74 Å². The van der Waals surface area contributed by atoms with Crippen LogP contribution in [0.5, 0.6) is 0 Å². The fraction of sp³-hybridized carbons (Fsp3) is 0.857. The first-order valence-corrected chi connectivity index (χ1v) is 3.51. The fourth-order valence-electron chi connectivity index (χ4n) is 1.24. The van der Waals surface area contributed by atoms with Crippen LogP contribution in [0.3, 0.4) is 0 Å². The van der Waals surface area contributed by atoms with Gasteiger partial charge in [0.2, 0.25) is 0 Å². The van der Waals surface area contributed by atoms with E-state index in [1.807, 2.05) is 6.92 Å². The Morgan fingerprint density at radius 3 is 2.70 bits per heavy atom. The first kappa shape index (κ1) is 7.54. The molecule has 2 atom stereocenters. The van der Waals surface area contributed by atoms with E-state index >= 15 is 0 Å². The standard InChI is InChI=1S/C7H13NO2/c1-5-4-8(3)7(9)6(2)10-5/h5-6H,4H2,1-3H3/t5-,6-/m0/s1. The summed E-state index contributed by atoms with van der Waals surface area (Å²) in [7, 11) is 1.80. The second-order valence-electron chi connectivity index (χ2n) is 2.81. The molecule has 1 heterocycles. The Kier molecular flexibility index (Phi) is 1.94. The van der Waals surface area contributed by atoms with Crippen molar-refractivity contribution in [2.24, 2.45) is 0 Å². The van der Waals surface area contributed by atoms with Crippen LogP contribution >= 0.6 is 0 Å². The highest BCUT2D eigenvalue weighted by Gasteiger charge is 2.26. The van der Waals surface area contributed by atoms with E-state index in [1.165, 1.54) is 0 Å². The molecule has 1 aliphatic rings. The first-order chi connectivity index (χ1) is 4.61. The molecule has 1 amide bonds. The molecular formula is C7H13NO2. The third-order valence-electron chi connectivity index (χ3n) is 1.69. The van der Waals surface area contributed by atoms with Gasteiger partial charge in [-0.1, -0.05) is 0 Å². The Morgan fingerprint density at radius 2 is 2.20 bits per heavy atom. The number of amides is 1. The van der Waals surface area contributed by atoms with Gasteiger partial charge in [-0.05, 0) is 13.8 Å². The molecule has 0 spiro atoms. The molecule has 0 aromatic carbocycles. The second-order valence-corrected chi connectivity index (χ2v) is 2.81. The molecule has 10 heavy (non-hydrogen) atoms. The SMILES string of the molecule is C[C@@H]1O[C@@H](C)CN(C)C1=O. The summed E-state index contributed by atoms with van der Waals surface area (Å²) in [5.74, 6) is 0.0816. The summed E-state index contributed by atoms with van der Waals surface area (Å²) < 4.78 is 5.28. The molecule has 0 unspecified atom stereocenters. The van der Waals surface area contributed by atoms with Gasteiger partial charge in [0, 0.05) is 13.6 Å². The minimum atomic E-state index is -0.256. The number of likely N-dealkylation sites (N-methyl/N-ethyl adjacent to an activating group) is 1. The van der Waals surface area contributed by atoms with Crippen LogP contribution in [0.15, 0.2) is 0 Å². The molecule has 1 rings (SSSR count). The summed E-state index contributed by atoms with van der Waals surface area (Å²) in [6.45, 7) is 4.47. The van der Waals surface area contributed by atoms with Gasteiger partial charge in [0.25, 0.3) is 5.91 Å². The summed E-state index contributed by atoms with van der Waals surface area (Å²) in [6.07, 6.45) is -0.0774.